The van der Waals surface area contributed by atoms with Crippen LogP contribution in [0.4, 0.5) is 0 Å². The summed E-state index contributed by atoms with van der Waals surface area (Å²) in [6.45, 7) is 0. The van der Waals surface area contributed by atoms with Gasteiger partial charge in [-0.3, -0.25) is 0 Å². The van der Waals surface area contributed by atoms with E-state index in [0.717, 1.165) is 0 Å². The molecule has 5 heteroatoms. The average molecular weight is 248 g/mol. The van der Waals surface area contributed by atoms with E-state index in [0.29, 0.717) is 11.5 Å². The molecular weight excluding hydrogens is 236 g/mol. The predicted octanol–water partition coefficient (Wildman–Crippen LogP) is 2.87. The second-order valence-corrected chi connectivity index (χ2v) is 3.39. The van der Waals surface area contributed by atoms with Crippen LogP contribution in [0.1, 0.15) is 10.6 Å². The highest BCUT2D eigenvalue weighted by atomic mass is 16.6. The van der Waals surface area contributed by atoms with Crippen molar-refractivity contribution in [2.24, 2.45) is 0 Å². The molecule has 1 aromatic heterocycles. The molecule has 0 aliphatic rings. The van der Waals surface area contributed by atoms with Crippen molar-refractivity contribution >= 4 is 5.97 Å². The fraction of sp³-hybridized carbons (Fsp3) is 0.154. The molecule has 0 radical (unpaired) electrons. The van der Waals surface area contributed by atoms with Gasteiger partial charge in [-0.2, -0.15) is 0 Å². The summed E-state index contributed by atoms with van der Waals surface area (Å²) in [6.07, 6.45) is 0. The number of furan rings is 1. The molecule has 2 aromatic rings. The average Bonchev–Trinajstić information content (AvgIpc) is 2.86. The van der Waals surface area contributed by atoms with Crippen molar-refractivity contribution in [3.05, 3.63) is 42.2 Å². The van der Waals surface area contributed by atoms with E-state index in [2.05, 4.69) is 4.74 Å². The van der Waals surface area contributed by atoms with Gasteiger partial charge in [0, 0.05) is 12.1 Å². The Morgan fingerprint density at radius 1 is 1.11 bits per heavy atom. The summed E-state index contributed by atoms with van der Waals surface area (Å²) in [7, 11) is 2.86. The first kappa shape index (κ1) is 12.0. The van der Waals surface area contributed by atoms with Crippen molar-refractivity contribution in [2.45, 2.75) is 0 Å². The van der Waals surface area contributed by atoms with Gasteiger partial charge in [-0.05, 0) is 18.2 Å². The molecule has 94 valence electrons. The van der Waals surface area contributed by atoms with Gasteiger partial charge < -0.3 is 18.6 Å². The number of hydrogen-bond acceptors (Lipinski definition) is 5. The number of carbonyl (C=O) groups is 1. The Bertz CT molecular complexity index is 544. The van der Waals surface area contributed by atoms with Gasteiger partial charge in [-0.15, -0.1) is 0 Å². The molecule has 0 saturated carbocycles. The maximum Gasteiger partial charge on any atom is 0.374 e. The molecule has 0 aliphatic heterocycles. The number of hydrogen-bond donors (Lipinski definition) is 0. The SMILES string of the molecule is COC(=O)c1ccc(Oc2cccc(OC)c2)o1. The summed E-state index contributed by atoms with van der Waals surface area (Å²) in [6, 6.07) is 10.1. The van der Waals surface area contributed by atoms with Gasteiger partial charge in [-0.1, -0.05) is 6.07 Å². The van der Waals surface area contributed by atoms with Gasteiger partial charge >= 0.3 is 5.97 Å². The van der Waals surface area contributed by atoms with Crippen molar-refractivity contribution in [3.8, 4) is 17.4 Å². The van der Waals surface area contributed by atoms with Gasteiger partial charge in [0.25, 0.3) is 5.95 Å². The van der Waals surface area contributed by atoms with Crippen molar-refractivity contribution in [2.75, 3.05) is 14.2 Å². The molecule has 0 unspecified atom stereocenters. The van der Waals surface area contributed by atoms with Crippen LogP contribution in [-0.4, -0.2) is 20.2 Å². The topological polar surface area (TPSA) is 57.9 Å². The Balaban J connectivity index is 2.13. The molecule has 0 bridgehead atoms. The van der Waals surface area contributed by atoms with Crippen LogP contribution in [0.25, 0.3) is 0 Å². The third-order valence-electron chi connectivity index (χ3n) is 2.23. The molecule has 0 fully saturated rings. The highest BCUT2D eigenvalue weighted by molar-refractivity contribution is 5.86. The number of methoxy groups -OCH3 is 2. The standard InChI is InChI=1S/C13H12O5/c1-15-9-4-3-5-10(8-9)17-12-7-6-11(18-12)13(14)16-2/h3-8H,1-2H3. The van der Waals surface area contributed by atoms with Crippen LogP contribution in [-0.2, 0) is 4.74 Å². The fourth-order valence-electron chi connectivity index (χ4n) is 1.37. The predicted molar refractivity (Wildman–Crippen MR) is 63.1 cm³/mol. The molecule has 0 atom stereocenters. The Hall–Kier alpha value is -2.43. The number of ether oxygens (including phenoxy) is 3. The summed E-state index contributed by atoms with van der Waals surface area (Å²) in [5, 5.41) is 0. The second kappa shape index (κ2) is 5.27. The smallest absolute Gasteiger partial charge is 0.374 e. The lowest BCUT2D eigenvalue weighted by Gasteiger charge is -2.04. The molecule has 2 rings (SSSR count). The minimum atomic E-state index is -0.546. The monoisotopic (exact) mass is 248 g/mol. The number of esters is 1. The zero-order valence-corrected chi connectivity index (χ0v) is 10.0. The first-order chi connectivity index (χ1) is 8.72. The minimum Gasteiger partial charge on any atom is -0.497 e. The van der Waals surface area contributed by atoms with E-state index in [-0.39, 0.29) is 11.7 Å². The highest BCUT2D eigenvalue weighted by Gasteiger charge is 2.12. The lowest BCUT2D eigenvalue weighted by Crippen LogP contribution is -1.98. The van der Waals surface area contributed by atoms with Gasteiger partial charge in [0.2, 0.25) is 5.76 Å². The van der Waals surface area contributed by atoms with Crippen molar-refractivity contribution in [1.29, 1.82) is 0 Å². The molecule has 0 aliphatic carbocycles. The van der Waals surface area contributed by atoms with Gasteiger partial charge in [0.1, 0.15) is 11.5 Å². The molecule has 0 spiro atoms. The molecule has 18 heavy (non-hydrogen) atoms. The normalized spacial score (nSPS) is 9.89. The van der Waals surface area contributed by atoms with E-state index in [1.54, 1.807) is 37.4 Å². The van der Waals surface area contributed by atoms with E-state index >= 15 is 0 Å². The van der Waals surface area contributed by atoms with E-state index < -0.39 is 5.97 Å². The van der Waals surface area contributed by atoms with Crippen molar-refractivity contribution in [3.63, 3.8) is 0 Å². The second-order valence-electron chi connectivity index (χ2n) is 3.39. The Kier molecular flexibility index (Phi) is 3.52. The first-order valence-electron chi connectivity index (χ1n) is 5.23. The zero-order valence-electron chi connectivity index (χ0n) is 10.0. The van der Waals surface area contributed by atoms with E-state index in [9.17, 15) is 4.79 Å². The fourth-order valence-corrected chi connectivity index (χ4v) is 1.37. The lowest BCUT2D eigenvalue weighted by molar-refractivity contribution is 0.0560. The zero-order chi connectivity index (χ0) is 13.0. The highest BCUT2D eigenvalue weighted by Crippen LogP contribution is 2.26. The molecule has 0 amide bonds. The van der Waals surface area contributed by atoms with E-state index in [1.807, 2.05) is 0 Å². The maximum atomic E-state index is 11.2. The quantitative estimate of drug-likeness (QED) is 0.778. The number of rotatable bonds is 4. The summed E-state index contributed by atoms with van der Waals surface area (Å²) in [4.78, 5) is 11.2. The minimum absolute atomic E-state index is 0.0930. The van der Waals surface area contributed by atoms with Crippen LogP contribution in [0.5, 0.6) is 17.4 Å². The third-order valence-corrected chi connectivity index (χ3v) is 2.23. The Morgan fingerprint density at radius 3 is 2.61 bits per heavy atom. The van der Waals surface area contributed by atoms with Gasteiger partial charge in [0.15, 0.2) is 0 Å². The van der Waals surface area contributed by atoms with Crippen LogP contribution in [0.15, 0.2) is 40.8 Å². The van der Waals surface area contributed by atoms with E-state index in [1.165, 1.54) is 13.2 Å². The summed E-state index contributed by atoms with van der Waals surface area (Å²) < 4.78 is 20.2. The van der Waals surface area contributed by atoms with Crippen molar-refractivity contribution < 1.29 is 23.4 Å². The molecular formula is C13H12O5. The van der Waals surface area contributed by atoms with Crippen LogP contribution < -0.4 is 9.47 Å². The maximum absolute atomic E-state index is 11.2. The molecule has 0 N–H and O–H groups in total. The summed E-state index contributed by atoms with van der Waals surface area (Å²) in [5.74, 6) is 0.988. The lowest BCUT2D eigenvalue weighted by atomic mass is 10.3. The molecule has 5 nitrogen and oxygen atoms in total. The van der Waals surface area contributed by atoms with Crippen LogP contribution in [0, 0.1) is 0 Å². The van der Waals surface area contributed by atoms with Crippen LogP contribution in [0.2, 0.25) is 0 Å². The third kappa shape index (κ3) is 2.63. The summed E-state index contributed by atoms with van der Waals surface area (Å²) in [5.41, 5.74) is 0. The Labute approximate surface area is 104 Å². The summed E-state index contributed by atoms with van der Waals surface area (Å²) >= 11 is 0. The Morgan fingerprint density at radius 2 is 1.89 bits per heavy atom. The van der Waals surface area contributed by atoms with Gasteiger partial charge in [0.05, 0.1) is 14.2 Å². The van der Waals surface area contributed by atoms with Crippen molar-refractivity contribution in [1.82, 2.24) is 0 Å². The molecule has 1 heterocycles. The largest absolute Gasteiger partial charge is 0.497 e. The number of carbonyl (C=O) groups excluding carboxylic acids is 1. The van der Waals surface area contributed by atoms with E-state index in [4.69, 9.17) is 13.9 Å². The van der Waals surface area contributed by atoms with Crippen LogP contribution in [0.3, 0.4) is 0 Å². The van der Waals surface area contributed by atoms with Crippen LogP contribution >= 0.6 is 0 Å². The number of benzene rings is 1. The molecule has 1 aromatic carbocycles. The molecule has 0 saturated heterocycles. The van der Waals surface area contributed by atoms with Gasteiger partial charge in [-0.25, -0.2) is 4.79 Å². The first-order valence-corrected chi connectivity index (χ1v) is 5.23.